The highest BCUT2D eigenvalue weighted by Crippen LogP contribution is 2.29. The Morgan fingerprint density at radius 3 is 2.29 bits per heavy atom. The van der Waals surface area contributed by atoms with Gasteiger partial charge in [0.05, 0.1) is 25.4 Å². The number of ether oxygens (including phenoxy) is 3. The minimum atomic E-state index is -0.326. The van der Waals surface area contributed by atoms with Crippen LogP contribution in [0.1, 0.15) is 57.8 Å². The molecule has 0 fully saturated rings. The summed E-state index contributed by atoms with van der Waals surface area (Å²) in [5.41, 5.74) is 4.66. The summed E-state index contributed by atoms with van der Waals surface area (Å²) in [5.74, 6) is 0.954. The van der Waals surface area contributed by atoms with Gasteiger partial charge in [0.25, 0.3) is 0 Å². The van der Waals surface area contributed by atoms with Crippen molar-refractivity contribution in [1.29, 1.82) is 0 Å². The topological polar surface area (TPSA) is 66.8 Å². The fourth-order valence-electron chi connectivity index (χ4n) is 4.37. The molecule has 4 rings (SSSR count). The third kappa shape index (κ3) is 5.97. The molecular formula is C32H33NO5. The maximum Gasteiger partial charge on any atom is 0.340 e. The normalized spacial score (nSPS) is 11.2. The van der Waals surface area contributed by atoms with E-state index in [2.05, 4.69) is 0 Å². The van der Waals surface area contributed by atoms with Crippen LogP contribution in [0.3, 0.4) is 0 Å². The first-order chi connectivity index (χ1) is 18.4. The van der Waals surface area contributed by atoms with E-state index in [0.29, 0.717) is 54.4 Å². The number of esters is 1. The zero-order valence-electron chi connectivity index (χ0n) is 22.3. The van der Waals surface area contributed by atoms with E-state index in [1.54, 1.807) is 19.1 Å². The standard InChI is InChI=1S/C32H33NO5/c1-5-9-23-12-14-24(15-13-23)31(34)25-10-7-11-26(20-25)37-18-8-19-38-27-16-17-29-28(21-27)30(22(3)33(29)4)32(35)36-6-2/h5,7,9-17,20-21H,6,8,18-19H2,1-4H3/b9-5+. The van der Waals surface area contributed by atoms with Crippen molar-refractivity contribution < 1.29 is 23.8 Å². The molecule has 0 N–H and O–H groups in total. The number of hydrogen-bond donors (Lipinski definition) is 0. The smallest absolute Gasteiger partial charge is 0.340 e. The third-order valence-corrected chi connectivity index (χ3v) is 6.40. The molecule has 0 radical (unpaired) electrons. The molecule has 0 saturated heterocycles. The van der Waals surface area contributed by atoms with Gasteiger partial charge in [-0.3, -0.25) is 4.79 Å². The molecule has 0 amide bonds. The number of fused-ring (bicyclic) bond motifs is 1. The monoisotopic (exact) mass is 511 g/mol. The Bertz CT molecular complexity index is 1460. The van der Waals surface area contributed by atoms with Crippen LogP contribution in [0.2, 0.25) is 0 Å². The van der Waals surface area contributed by atoms with Gasteiger partial charge in [0, 0.05) is 41.2 Å². The zero-order chi connectivity index (χ0) is 27.1. The molecule has 0 spiro atoms. The molecule has 6 heteroatoms. The van der Waals surface area contributed by atoms with Gasteiger partial charge in [-0.15, -0.1) is 0 Å². The van der Waals surface area contributed by atoms with Gasteiger partial charge in [-0.1, -0.05) is 48.6 Å². The van der Waals surface area contributed by atoms with Crippen LogP contribution in [0, 0.1) is 6.92 Å². The van der Waals surface area contributed by atoms with E-state index in [9.17, 15) is 9.59 Å². The number of carbonyl (C=O) groups is 2. The fourth-order valence-corrected chi connectivity index (χ4v) is 4.37. The second-order valence-corrected chi connectivity index (χ2v) is 8.95. The zero-order valence-corrected chi connectivity index (χ0v) is 22.3. The number of hydrogen-bond acceptors (Lipinski definition) is 5. The van der Waals surface area contributed by atoms with Crippen LogP contribution in [0.5, 0.6) is 11.5 Å². The van der Waals surface area contributed by atoms with Crippen LogP contribution in [0.4, 0.5) is 0 Å². The summed E-state index contributed by atoms with van der Waals surface area (Å²) in [7, 11) is 1.93. The molecule has 0 aliphatic heterocycles. The first-order valence-electron chi connectivity index (χ1n) is 12.8. The van der Waals surface area contributed by atoms with E-state index in [1.807, 2.05) is 92.2 Å². The Kier molecular flexibility index (Phi) is 8.64. The maximum atomic E-state index is 12.9. The Morgan fingerprint density at radius 2 is 1.61 bits per heavy atom. The first kappa shape index (κ1) is 26.7. The molecule has 3 aromatic carbocycles. The van der Waals surface area contributed by atoms with Gasteiger partial charge in [0.1, 0.15) is 11.5 Å². The molecule has 0 bridgehead atoms. The van der Waals surface area contributed by atoms with E-state index in [4.69, 9.17) is 14.2 Å². The lowest BCUT2D eigenvalue weighted by Gasteiger charge is -2.10. The molecule has 4 aromatic rings. The number of rotatable bonds is 11. The Labute approximate surface area is 223 Å². The Balaban J connectivity index is 1.33. The molecule has 6 nitrogen and oxygen atoms in total. The van der Waals surface area contributed by atoms with Gasteiger partial charge in [0.15, 0.2) is 5.78 Å². The lowest BCUT2D eigenvalue weighted by atomic mass is 10.0. The predicted molar refractivity (Wildman–Crippen MR) is 150 cm³/mol. The minimum Gasteiger partial charge on any atom is -0.493 e. The number of benzene rings is 3. The summed E-state index contributed by atoms with van der Waals surface area (Å²) in [5, 5.41) is 0.815. The van der Waals surface area contributed by atoms with Crippen LogP contribution in [-0.4, -0.2) is 36.1 Å². The quantitative estimate of drug-likeness (QED) is 0.126. The Hall–Kier alpha value is -4.32. The number of ketones is 1. The average Bonchev–Trinajstić information content (AvgIpc) is 3.18. The number of aromatic nitrogens is 1. The van der Waals surface area contributed by atoms with Gasteiger partial charge >= 0.3 is 5.97 Å². The van der Waals surface area contributed by atoms with Crippen LogP contribution in [0.25, 0.3) is 17.0 Å². The van der Waals surface area contributed by atoms with E-state index >= 15 is 0 Å². The summed E-state index contributed by atoms with van der Waals surface area (Å²) >= 11 is 0. The highest BCUT2D eigenvalue weighted by atomic mass is 16.5. The molecular weight excluding hydrogens is 478 g/mol. The van der Waals surface area contributed by atoms with E-state index < -0.39 is 0 Å². The third-order valence-electron chi connectivity index (χ3n) is 6.40. The largest absolute Gasteiger partial charge is 0.493 e. The van der Waals surface area contributed by atoms with Gasteiger partial charge in [-0.2, -0.15) is 0 Å². The molecule has 0 saturated carbocycles. The number of aryl methyl sites for hydroxylation is 1. The summed E-state index contributed by atoms with van der Waals surface area (Å²) in [6.07, 6.45) is 4.61. The van der Waals surface area contributed by atoms with Crippen LogP contribution in [-0.2, 0) is 11.8 Å². The minimum absolute atomic E-state index is 0.0421. The Morgan fingerprint density at radius 1 is 0.895 bits per heavy atom. The molecule has 0 aliphatic carbocycles. The summed E-state index contributed by atoms with van der Waals surface area (Å²) < 4.78 is 19.1. The SMILES string of the molecule is C/C=C/c1ccc(C(=O)c2cccc(OCCCOc3ccc4c(c3)c(C(=O)OCC)c(C)n4C)c2)cc1. The second kappa shape index (κ2) is 12.3. The number of carbonyl (C=O) groups excluding carboxylic acids is 2. The maximum absolute atomic E-state index is 12.9. The van der Waals surface area contributed by atoms with Gasteiger partial charge in [-0.05, 0) is 56.7 Å². The molecule has 1 heterocycles. The van der Waals surface area contributed by atoms with Crippen LogP contribution in [0.15, 0.2) is 72.8 Å². The van der Waals surface area contributed by atoms with Crippen molar-refractivity contribution in [1.82, 2.24) is 4.57 Å². The predicted octanol–water partition coefficient (Wildman–Crippen LogP) is 6.78. The molecule has 0 aliphatic rings. The lowest BCUT2D eigenvalue weighted by Crippen LogP contribution is -2.07. The summed E-state index contributed by atoms with van der Waals surface area (Å²) in [6, 6.07) is 20.5. The van der Waals surface area contributed by atoms with Crippen molar-refractivity contribution in [2.45, 2.75) is 27.2 Å². The van der Waals surface area contributed by atoms with E-state index in [-0.39, 0.29) is 11.8 Å². The highest BCUT2D eigenvalue weighted by molar-refractivity contribution is 6.09. The fraction of sp³-hybridized carbons (Fsp3) is 0.250. The van der Waals surface area contributed by atoms with Crippen molar-refractivity contribution in [3.63, 3.8) is 0 Å². The van der Waals surface area contributed by atoms with Gasteiger partial charge < -0.3 is 18.8 Å². The number of nitrogens with zero attached hydrogens (tertiary/aromatic N) is 1. The van der Waals surface area contributed by atoms with Crippen molar-refractivity contribution in [3.8, 4) is 11.5 Å². The van der Waals surface area contributed by atoms with E-state index in [1.165, 1.54) is 0 Å². The van der Waals surface area contributed by atoms with E-state index in [0.717, 1.165) is 22.2 Å². The molecule has 38 heavy (non-hydrogen) atoms. The molecule has 0 atom stereocenters. The average molecular weight is 512 g/mol. The van der Waals surface area contributed by atoms with Gasteiger partial charge in [-0.25, -0.2) is 4.79 Å². The summed E-state index contributed by atoms with van der Waals surface area (Å²) in [6.45, 7) is 6.89. The van der Waals surface area contributed by atoms with Crippen molar-refractivity contribution >= 4 is 28.7 Å². The molecule has 196 valence electrons. The van der Waals surface area contributed by atoms with Crippen molar-refractivity contribution in [2.75, 3.05) is 19.8 Å². The van der Waals surface area contributed by atoms with Crippen molar-refractivity contribution in [3.05, 3.63) is 101 Å². The number of allylic oxidation sites excluding steroid dienone is 1. The van der Waals surface area contributed by atoms with Crippen LogP contribution < -0.4 is 9.47 Å². The second-order valence-electron chi connectivity index (χ2n) is 8.95. The highest BCUT2D eigenvalue weighted by Gasteiger charge is 2.20. The first-order valence-corrected chi connectivity index (χ1v) is 12.8. The van der Waals surface area contributed by atoms with Gasteiger partial charge in [0.2, 0.25) is 0 Å². The molecule has 0 unspecified atom stereocenters. The van der Waals surface area contributed by atoms with Crippen molar-refractivity contribution in [2.24, 2.45) is 7.05 Å². The van der Waals surface area contributed by atoms with Crippen LogP contribution >= 0.6 is 0 Å². The summed E-state index contributed by atoms with van der Waals surface area (Å²) in [4.78, 5) is 25.4. The molecule has 1 aromatic heterocycles. The lowest BCUT2D eigenvalue weighted by molar-refractivity contribution is 0.0527.